The molecule has 0 spiro atoms. The zero-order valence-electron chi connectivity index (χ0n) is 12.3. The normalized spacial score (nSPS) is 24.6. The molecule has 7 nitrogen and oxygen atoms in total. The van der Waals surface area contributed by atoms with Crippen molar-refractivity contribution in [3.63, 3.8) is 0 Å². The van der Waals surface area contributed by atoms with Crippen molar-refractivity contribution in [1.82, 2.24) is 10.2 Å². The fourth-order valence-electron chi connectivity index (χ4n) is 3.20. The molecule has 2 rings (SSSR count). The number of hydrogen-bond acceptors (Lipinski definition) is 4. The van der Waals surface area contributed by atoms with E-state index in [1.54, 1.807) is 0 Å². The van der Waals surface area contributed by atoms with Crippen LogP contribution >= 0.6 is 0 Å². The molecule has 1 aliphatic carbocycles. The number of likely N-dealkylation sites (N-methyl/N-ethyl adjacent to an activating group) is 1. The van der Waals surface area contributed by atoms with Gasteiger partial charge in [-0.15, -0.1) is 0 Å². The van der Waals surface area contributed by atoms with Crippen LogP contribution in [0.15, 0.2) is 0 Å². The van der Waals surface area contributed by atoms with Crippen LogP contribution in [0.2, 0.25) is 0 Å². The molecular weight excluding hydrogens is 276 g/mol. The number of morpholine rings is 1. The van der Waals surface area contributed by atoms with Crippen LogP contribution in [0.1, 0.15) is 32.1 Å². The fraction of sp³-hybridized carbons (Fsp3) is 0.786. The molecule has 0 radical (unpaired) electrons. The smallest absolute Gasteiger partial charge is 0.310 e. The number of nitrogens with one attached hydrogen (secondary N) is 1. The summed E-state index contributed by atoms with van der Waals surface area (Å²) >= 11 is 0. The predicted octanol–water partition coefficient (Wildman–Crippen LogP) is -0.00510. The zero-order valence-corrected chi connectivity index (χ0v) is 12.3. The number of nitrogens with zero attached hydrogens (tertiary/aromatic N) is 1. The number of rotatable bonds is 4. The predicted molar refractivity (Wildman–Crippen MR) is 73.5 cm³/mol. The maximum Gasteiger partial charge on any atom is 0.310 e. The van der Waals surface area contributed by atoms with E-state index in [0.29, 0.717) is 26.0 Å². The van der Waals surface area contributed by atoms with Gasteiger partial charge in [0.05, 0.1) is 18.6 Å². The highest BCUT2D eigenvalue weighted by Gasteiger charge is 2.45. The van der Waals surface area contributed by atoms with Gasteiger partial charge in [-0.3, -0.25) is 14.4 Å². The maximum atomic E-state index is 12.5. The zero-order chi connectivity index (χ0) is 15.5. The lowest BCUT2D eigenvalue weighted by Gasteiger charge is -2.36. The second kappa shape index (κ2) is 6.43. The molecule has 0 aromatic heterocycles. The molecule has 1 saturated carbocycles. The van der Waals surface area contributed by atoms with E-state index in [1.165, 1.54) is 11.9 Å². The summed E-state index contributed by atoms with van der Waals surface area (Å²) < 4.78 is 5.26. The Hall–Kier alpha value is -1.63. The van der Waals surface area contributed by atoms with Gasteiger partial charge in [0.1, 0.15) is 6.04 Å². The van der Waals surface area contributed by atoms with Crippen molar-refractivity contribution >= 4 is 17.8 Å². The van der Waals surface area contributed by atoms with Gasteiger partial charge in [-0.25, -0.2) is 0 Å². The standard InChI is InChI=1S/C14H22N2O5/c1-15-12(18)10-9-21-7-6-16(10)11(17)8-14(13(19)20)4-2-3-5-14/h10H,2-9H2,1H3,(H,15,18)(H,19,20). The third-order valence-corrected chi connectivity index (χ3v) is 4.50. The molecule has 1 saturated heterocycles. The summed E-state index contributed by atoms with van der Waals surface area (Å²) in [5.74, 6) is -1.45. The van der Waals surface area contributed by atoms with Crippen LogP contribution in [-0.2, 0) is 19.1 Å². The van der Waals surface area contributed by atoms with Gasteiger partial charge in [-0.2, -0.15) is 0 Å². The minimum Gasteiger partial charge on any atom is -0.481 e. The highest BCUT2D eigenvalue weighted by atomic mass is 16.5. The van der Waals surface area contributed by atoms with Crippen molar-refractivity contribution in [1.29, 1.82) is 0 Å². The monoisotopic (exact) mass is 298 g/mol. The second-order valence-corrected chi connectivity index (χ2v) is 5.76. The summed E-state index contributed by atoms with van der Waals surface area (Å²) in [7, 11) is 1.51. The van der Waals surface area contributed by atoms with Crippen LogP contribution in [0.25, 0.3) is 0 Å². The number of carboxylic acids is 1. The molecule has 21 heavy (non-hydrogen) atoms. The minimum atomic E-state index is -0.956. The van der Waals surface area contributed by atoms with Crippen LogP contribution in [0.4, 0.5) is 0 Å². The van der Waals surface area contributed by atoms with Crippen LogP contribution in [0.5, 0.6) is 0 Å². The highest BCUT2D eigenvalue weighted by molar-refractivity contribution is 5.90. The van der Waals surface area contributed by atoms with Crippen molar-refractivity contribution in [2.75, 3.05) is 26.8 Å². The van der Waals surface area contributed by atoms with Crippen molar-refractivity contribution in [2.45, 2.75) is 38.1 Å². The van der Waals surface area contributed by atoms with E-state index in [9.17, 15) is 19.5 Å². The fourth-order valence-corrected chi connectivity index (χ4v) is 3.20. The molecule has 2 amide bonds. The molecule has 2 N–H and O–H groups in total. The van der Waals surface area contributed by atoms with E-state index >= 15 is 0 Å². The van der Waals surface area contributed by atoms with Gasteiger partial charge >= 0.3 is 5.97 Å². The molecule has 1 aliphatic heterocycles. The summed E-state index contributed by atoms with van der Waals surface area (Å²) in [5, 5.41) is 12.0. The van der Waals surface area contributed by atoms with Gasteiger partial charge in [0.15, 0.2) is 0 Å². The van der Waals surface area contributed by atoms with Crippen LogP contribution in [0.3, 0.4) is 0 Å². The summed E-state index contributed by atoms with van der Waals surface area (Å²) in [6, 6.07) is -0.663. The first-order valence-corrected chi connectivity index (χ1v) is 7.32. The largest absolute Gasteiger partial charge is 0.481 e. The van der Waals surface area contributed by atoms with Crippen LogP contribution in [-0.4, -0.2) is 60.6 Å². The maximum absolute atomic E-state index is 12.5. The SMILES string of the molecule is CNC(=O)C1COCCN1C(=O)CC1(C(=O)O)CCCC1. The van der Waals surface area contributed by atoms with Gasteiger partial charge in [0, 0.05) is 20.0 Å². The Kier molecular flexibility index (Phi) is 4.82. The van der Waals surface area contributed by atoms with Crippen molar-refractivity contribution in [3.05, 3.63) is 0 Å². The number of carbonyl (C=O) groups excluding carboxylic acids is 2. The molecule has 0 aromatic rings. The van der Waals surface area contributed by atoms with E-state index in [0.717, 1.165) is 12.8 Å². The molecule has 118 valence electrons. The van der Waals surface area contributed by atoms with Gasteiger partial charge in [0.25, 0.3) is 0 Å². The minimum absolute atomic E-state index is 0.0319. The molecule has 0 bridgehead atoms. The lowest BCUT2D eigenvalue weighted by atomic mass is 9.82. The topological polar surface area (TPSA) is 95.9 Å². The molecule has 0 aromatic carbocycles. The molecule has 1 unspecified atom stereocenters. The van der Waals surface area contributed by atoms with Gasteiger partial charge in [0.2, 0.25) is 11.8 Å². The van der Waals surface area contributed by atoms with E-state index in [4.69, 9.17) is 4.74 Å². The number of amides is 2. The first-order valence-electron chi connectivity index (χ1n) is 7.32. The molecule has 2 aliphatic rings. The number of ether oxygens (including phenoxy) is 1. The molecular formula is C14H22N2O5. The summed E-state index contributed by atoms with van der Waals surface area (Å²) in [5.41, 5.74) is -0.956. The van der Waals surface area contributed by atoms with E-state index in [-0.39, 0.29) is 24.8 Å². The Bertz CT molecular complexity index is 431. The number of carboxylic acid groups (broad SMARTS) is 1. The first-order chi connectivity index (χ1) is 10.00. The first kappa shape index (κ1) is 15.8. The molecule has 1 atom stereocenters. The third-order valence-electron chi connectivity index (χ3n) is 4.50. The van der Waals surface area contributed by atoms with E-state index < -0.39 is 17.4 Å². The third kappa shape index (κ3) is 3.18. The van der Waals surface area contributed by atoms with Gasteiger partial charge in [-0.05, 0) is 12.8 Å². The van der Waals surface area contributed by atoms with Crippen LogP contribution in [0, 0.1) is 5.41 Å². The summed E-state index contributed by atoms with van der Waals surface area (Å²) in [4.78, 5) is 37.4. The Labute approximate surface area is 123 Å². The van der Waals surface area contributed by atoms with Gasteiger partial charge in [-0.1, -0.05) is 12.8 Å². The van der Waals surface area contributed by atoms with E-state index in [2.05, 4.69) is 5.32 Å². The average molecular weight is 298 g/mol. The number of hydrogen-bond donors (Lipinski definition) is 2. The molecule has 7 heteroatoms. The number of aliphatic carboxylic acids is 1. The van der Waals surface area contributed by atoms with E-state index in [1.807, 2.05) is 0 Å². The Morgan fingerprint density at radius 1 is 1.33 bits per heavy atom. The summed E-state index contributed by atoms with van der Waals surface area (Å²) in [6.45, 7) is 0.859. The van der Waals surface area contributed by atoms with Crippen molar-refractivity contribution in [2.24, 2.45) is 5.41 Å². The molecule has 2 fully saturated rings. The lowest BCUT2D eigenvalue weighted by molar-refractivity contribution is -0.157. The average Bonchev–Trinajstić information content (AvgIpc) is 2.96. The highest BCUT2D eigenvalue weighted by Crippen LogP contribution is 2.42. The number of carbonyl (C=O) groups is 3. The Morgan fingerprint density at radius 2 is 2.00 bits per heavy atom. The van der Waals surface area contributed by atoms with Crippen LogP contribution < -0.4 is 5.32 Å². The Balaban J connectivity index is 2.10. The summed E-state index contributed by atoms with van der Waals surface area (Å²) in [6.07, 6.45) is 2.70. The Morgan fingerprint density at radius 3 is 2.57 bits per heavy atom. The van der Waals surface area contributed by atoms with Crippen molar-refractivity contribution < 1.29 is 24.2 Å². The van der Waals surface area contributed by atoms with Crippen molar-refractivity contribution in [3.8, 4) is 0 Å². The quantitative estimate of drug-likeness (QED) is 0.761. The van der Waals surface area contributed by atoms with Gasteiger partial charge < -0.3 is 20.1 Å². The molecule has 1 heterocycles. The second-order valence-electron chi connectivity index (χ2n) is 5.76. The lowest BCUT2D eigenvalue weighted by Crippen LogP contribution is -2.56.